The van der Waals surface area contributed by atoms with Crippen LogP contribution in [0.25, 0.3) is 5.52 Å². The standard InChI is InChI=1S/C15H21BrN4/c1-14(2)5-4-6-15(3,9-14)13-19-11(16)10-12(17)18-7-8-20(10)13/h7-8H,4-6,9H2,1-3H3,(H2,17,18). The number of fused-ring (bicyclic) bond motifs is 1. The summed E-state index contributed by atoms with van der Waals surface area (Å²) in [7, 11) is 0. The Balaban J connectivity index is 2.17. The van der Waals surface area contributed by atoms with Crippen molar-refractivity contribution in [3.63, 3.8) is 0 Å². The average Bonchev–Trinajstić information content (AvgIpc) is 2.67. The van der Waals surface area contributed by atoms with Gasteiger partial charge in [-0.15, -0.1) is 0 Å². The molecule has 2 heterocycles. The van der Waals surface area contributed by atoms with Crippen LogP contribution >= 0.6 is 15.9 Å². The highest BCUT2D eigenvalue weighted by Gasteiger charge is 2.40. The fraction of sp³-hybridized carbons (Fsp3) is 0.600. The zero-order chi connectivity index (χ0) is 14.5. The molecular formula is C15H21BrN4. The lowest BCUT2D eigenvalue weighted by Crippen LogP contribution is -2.35. The molecular weight excluding hydrogens is 316 g/mol. The van der Waals surface area contributed by atoms with E-state index in [4.69, 9.17) is 10.7 Å². The fourth-order valence-electron chi connectivity index (χ4n) is 3.83. The van der Waals surface area contributed by atoms with Crippen molar-refractivity contribution in [2.45, 2.75) is 51.9 Å². The molecule has 0 aromatic carbocycles. The summed E-state index contributed by atoms with van der Waals surface area (Å²) in [6.07, 6.45) is 8.56. The third kappa shape index (κ3) is 2.12. The molecule has 1 aliphatic carbocycles. The molecule has 2 aromatic rings. The Bertz CT molecular complexity index is 661. The molecule has 4 nitrogen and oxygen atoms in total. The Morgan fingerprint density at radius 3 is 2.75 bits per heavy atom. The summed E-state index contributed by atoms with van der Waals surface area (Å²) in [5.74, 6) is 1.62. The minimum atomic E-state index is 0.0878. The van der Waals surface area contributed by atoms with Crippen molar-refractivity contribution in [2.24, 2.45) is 5.41 Å². The van der Waals surface area contributed by atoms with Gasteiger partial charge in [-0.1, -0.05) is 27.2 Å². The first-order chi connectivity index (χ1) is 9.32. The Hall–Kier alpha value is -1.10. The molecule has 1 atom stereocenters. The van der Waals surface area contributed by atoms with Crippen LogP contribution < -0.4 is 5.73 Å². The quantitative estimate of drug-likeness (QED) is 0.858. The zero-order valence-corrected chi connectivity index (χ0v) is 13.9. The monoisotopic (exact) mass is 336 g/mol. The van der Waals surface area contributed by atoms with Crippen molar-refractivity contribution in [2.75, 3.05) is 5.73 Å². The van der Waals surface area contributed by atoms with Crippen LogP contribution in [0.5, 0.6) is 0 Å². The van der Waals surface area contributed by atoms with Crippen LogP contribution in [0, 0.1) is 5.41 Å². The van der Waals surface area contributed by atoms with E-state index in [9.17, 15) is 0 Å². The molecule has 0 saturated heterocycles. The number of nitrogen functional groups attached to an aromatic ring is 1. The van der Waals surface area contributed by atoms with Gasteiger partial charge in [0.1, 0.15) is 15.9 Å². The van der Waals surface area contributed by atoms with Crippen LogP contribution in [0.4, 0.5) is 5.82 Å². The number of hydrogen-bond acceptors (Lipinski definition) is 3. The lowest BCUT2D eigenvalue weighted by Gasteiger charge is -2.42. The number of halogens is 1. The maximum absolute atomic E-state index is 5.99. The molecule has 2 N–H and O–H groups in total. The summed E-state index contributed by atoms with van der Waals surface area (Å²) in [6.45, 7) is 7.03. The van der Waals surface area contributed by atoms with E-state index in [2.05, 4.69) is 46.1 Å². The summed E-state index contributed by atoms with van der Waals surface area (Å²) in [5.41, 5.74) is 7.33. The van der Waals surface area contributed by atoms with Gasteiger partial charge in [0.15, 0.2) is 5.82 Å². The maximum atomic E-state index is 5.99. The van der Waals surface area contributed by atoms with E-state index >= 15 is 0 Å². The number of aromatic nitrogens is 3. The van der Waals surface area contributed by atoms with Gasteiger partial charge >= 0.3 is 0 Å². The van der Waals surface area contributed by atoms with E-state index in [1.807, 2.05) is 6.20 Å². The SMILES string of the molecule is CC1(C)CCCC(C)(c2nc(Br)c3c(N)nccn23)C1. The van der Waals surface area contributed by atoms with Gasteiger partial charge in [0, 0.05) is 17.8 Å². The second-order valence-electron chi connectivity index (χ2n) is 7.01. The summed E-state index contributed by atoms with van der Waals surface area (Å²) < 4.78 is 2.90. The fourth-order valence-corrected chi connectivity index (χ4v) is 4.39. The van der Waals surface area contributed by atoms with Gasteiger partial charge in [0.2, 0.25) is 0 Å². The second-order valence-corrected chi connectivity index (χ2v) is 7.76. The third-order valence-corrected chi connectivity index (χ3v) is 5.08. The molecule has 1 saturated carbocycles. The predicted octanol–water partition coefficient (Wildman–Crippen LogP) is 3.93. The molecule has 3 rings (SSSR count). The van der Waals surface area contributed by atoms with Crippen molar-refractivity contribution in [1.82, 2.24) is 14.4 Å². The molecule has 0 aliphatic heterocycles. The first-order valence-electron chi connectivity index (χ1n) is 7.11. The topological polar surface area (TPSA) is 56.2 Å². The number of nitrogens with zero attached hydrogens (tertiary/aromatic N) is 3. The Morgan fingerprint density at radius 2 is 2.05 bits per heavy atom. The van der Waals surface area contributed by atoms with Crippen molar-refractivity contribution in [3.05, 3.63) is 22.8 Å². The highest BCUT2D eigenvalue weighted by molar-refractivity contribution is 9.10. The Labute approximate surface area is 127 Å². The lowest BCUT2D eigenvalue weighted by atomic mass is 9.64. The zero-order valence-electron chi connectivity index (χ0n) is 12.3. The van der Waals surface area contributed by atoms with Crippen LogP contribution in [0.2, 0.25) is 0 Å². The number of nitrogens with two attached hydrogens (primary N) is 1. The highest BCUT2D eigenvalue weighted by Crippen LogP contribution is 2.47. The molecule has 0 spiro atoms. The van der Waals surface area contributed by atoms with Gasteiger partial charge in [-0.05, 0) is 40.6 Å². The average molecular weight is 337 g/mol. The largest absolute Gasteiger partial charge is 0.382 e. The Morgan fingerprint density at radius 1 is 1.30 bits per heavy atom. The van der Waals surface area contributed by atoms with E-state index in [-0.39, 0.29) is 5.41 Å². The highest BCUT2D eigenvalue weighted by atomic mass is 79.9. The second kappa shape index (κ2) is 4.45. The minimum Gasteiger partial charge on any atom is -0.382 e. The van der Waals surface area contributed by atoms with Gasteiger partial charge in [-0.25, -0.2) is 9.97 Å². The summed E-state index contributed by atoms with van der Waals surface area (Å²) in [5, 5.41) is 0. The van der Waals surface area contributed by atoms with Gasteiger partial charge < -0.3 is 5.73 Å². The van der Waals surface area contributed by atoms with Gasteiger partial charge in [0.05, 0.1) is 0 Å². The minimum absolute atomic E-state index is 0.0878. The van der Waals surface area contributed by atoms with Crippen molar-refractivity contribution < 1.29 is 0 Å². The molecule has 0 radical (unpaired) electrons. The predicted molar refractivity (Wildman–Crippen MR) is 84.7 cm³/mol. The molecule has 0 amide bonds. The third-order valence-electron chi connectivity index (χ3n) is 4.53. The molecule has 1 fully saturated rings. The van der Waals surface area contributed by atoms with Crippen molar-refractivity contribution in [3.8, 4) is 0 Å². The van der Waals surface area contributed by atoms with Gasteiger partial charge in [-0.2, -0.15) is 0 Å². The van der Waals surface area contributed by atoms with E-state index in [1.54, 1.807) is 6.20 Å². The van der Waals surface area contributed by atoms with Crippen LogP contribution in [0.1, 0.15) is 52.3 Å². The molecule has 1 aliphatic rings. The molecule has 2 aromatic heterocycles. The molecule has 1 unspecified atom stereocenters. The number of rotatable bonds is 1. The lowest BCUT2D eigenvalue weighted by molar-refractivity contribution is 0.153. The summed E-state index contributed by atoms with van der Waals surface area (Å²) >= 11 is 3.54. The molecule has 20 heavy (non-hydrogen) atoms. The number of imidazole rings is 1. The molecule has 5 heteroatoms. The van der Waals surface area contributed by atoms with Crippen LogP contribution in [-0.2, 0) is 5.41 Å². The van der Waals surface area contributed by atoms with Gasteiger partial charge in [-0.3, -0.25) is 4.40 Å². The van der Waals surface area contributed by atoms with Crippen LogP contribution in [0.3, 0.4) is 0 Å². The smallest absolute Gasteiger partial charge is 0.150 e. The number of anilines is 1. The normalized spacial score (nSPS) is 26.0. The summed E-state index contributed by atoms with van der Waals surface area (Å²) in [4.78, 5) is 8.94. The van der Waals surface area contributed by atoms with E-state index in [0.29, 0.717) is 11.2 Å². The molecule has 0 bridgehead atoms. The maximum Gasteiger partial charge on any atom is 0.150 e. The van der Waals surface area contributed by atoms with E-state index in [1.165, 1.54) is 19.3 Å². The van der Waals surface area contributed by atoms with E-state index < -0.39 is 0 Å². The first kappa shape index (κ1) is 13.9. The van der Waals surface area contributed by atoms with E-state index in [0.717, 1.165) is 22.4 Å². The van der Waals surface area contributed by atoms with Crippen molar-refractivity contribution >= 4 is 27.3 Å². The number of hydrogen-bond donors (Lipinski definition) is 1. The molecule has 108 valence electrons. The van der Waals surface area contributed by atoms with Crippen molar-refractivity contribution in [1.29, 1.82) is 0 Å². The summed E-state index contributed by atoms with van der Waals surface area (Å²) in [6, 6.07) is 0. The Kier molecular flexibility index (Phi) is 3.08. The van der Waals surface area contributed by atoms with Gasteiger partial charge in [0.25, 0.3) is 0 Å². The first-order valence-corrected chi connectivity index (χ1v) is 7.90. The van der Waals surface area contributed by atoms with Crippen LogP contribution in [0.15, 0.2) is 17.0 Å². The van der Waals surface area contributed by atoms with Crippen LogP contribution in [-0.4, -0.2) is 14.4 Å².